The minimum atomic E-state index is -0.199. The van der Waals surface area contributed by atoms with Crippen molar-refractivity contribution in [3.05, 3.63) is 77.8 Å². The number of pyridine rings is 2. The SMILES string of the molecule is BrCC1(c2ccc3ccccc3n2)CC=Cc2cccnc21. The molecule has 0 saturated heterocycles. The van der Waals surface area contributed by atoms with E-state index < -0.39 is 0 Å². The molecule has 1 unspecified atom stereocenters. The van der Waals surface area contributed by atoms with E-state index in [0.717, 1.165) is 28.7 Å². The molecule has 0 spiro atoms. The van der Waals surface area contributed by atoms with Gasteiger partial charge in [-0.2, -0.15) is 0 Å². The Morgan fingerprint density at radius 2 is 1.95 bits per heavy atom. The van der Waals surface area contributed by atoms with E-state index in [4.69, 9.17) is 4.98 Å². The summed E-state index contributed by atoms with van der Waals surface area (Å²) in [6.07, 6.45) is 7.16. The summed E-state index contributed by atoms with van der Waals surface area (Å²) in [6, 6.07) is 16.7. The number of rotatable bonds is 2. The maximum Gasteiger partial charge on any atom is 0.0705 e. The van der Waals surface area contributed by atoms with Crippen LogP contribution in [0.25, 0.3) is 17.0 Å². The van der Waals surface area contributed by atoms with Crippen molar-refractivity contribution in [3.63, 3.8) is 0 Å². The largest absolute Gasteiger partial charge is 0.260 e. The van der Waals surface area contributed by atoms with Crippen molar-refractivity contribution in [2.45, 2.75) is 11.8 Å². The topological polar surface area (TPSA) is 25.8 Å². The highest BCUT2D eigenvalue weighted by atomic mass is 79.9. The average molecular weight is 351 g/mol. The molecule has 0 fully saturated rings. The Kier molecular flexibility index (Phi) is 3.30. The number of aromatic nitrogens is 2. The van der Waals surface area contributed by atoms with Crippen molar-refractivity contribution >= 4 is 32.9 Å². The summed E-state index contributed by atoms with van der Waals surface area (Å²) in [6.45, 7) is 0. The molecule has 1 atom stereocenters. The lowest BCUT2D eigenvalue weighted by Crippen LogP contribution is -2.33. The molecule has 0 amide bonds. The Balaban J connectivity index is 1.96. The Hall–Kier alpha value is -2.00. The summed E-state index contributed by atoms with van der Waals surface area (Å²) in [5.41, 5.74) is 4.20. The monoisotopic (exact) mass is 350 g/mol. The van der Waals surface area contributed by atoms with Gasteiger partial charge in [0.05, 0.1) is 22.3 Å². The second kappa shape index (κ2) is 5.33. The molecule has 0 saturated carbocycles. The van der Waals surface area contributed by atoms with Crippen LogP contribution in [0.15, 0.2) is 60.8 Å². The van der Waals surface area contributed by atoms with E-state index in [1.807, 2.05) is 24.4 Å². The van der Waals surface area contributed by atoms with E-state index in [1.54, 1.807) is 0 Å². The maximum atomic E-state index is 4.94. The third kappa shape index (κ3) is 2.00. The van der Waals surface area contributed by atoms with Gasteiger partial charge in [-0.3, -0.25) is 9.97 Å². The number of hydrogen-bond donors (Lipinski definition) is 0. The molecule has 0 N–H and O–H groups in total. The summed E-state index contributed by atoms with van der Waals surface area (Å²) in [7, 11) is 0. The third-order valence-corrected chi connectivity index (χ3v) is 5.33. The minimum Gasteiger partial charge on any atom is -0.260 e. The molecule has 0 radical (unpaired) electrons. The van der Waals surface area contributed by atoms with Gasteiger partial charge in [-0.15, -0.1) is 0 Å². The highest BCUT2D eigenvalue weighted by Crippen LogP contribution is 2.41. The lowest BCUT2D eigenvalue weighted by atomic mass is 9.74. The standard InChI is InChI=1S/C19H15BrN2/c20-13-19(11-3-6-15-7-4-12-21-18(15)19)17-10-9-14-5-1-2-8-16(14)22-17/h1-10,12H,11,13H2. The third-order valence-electron chi connectivity index (χ3n) is 4.37. The Labute approximate surface area is 138 Å². The first-order valence-electron chi connectivity index (χ1n) is 7.38. The number of para-hydroxylation sites is 1. The zero-order valence-corrected chi connectivity index (χ0v) is 13.6. The lowest BCUT2D eigenvalue weighted by molar-refractivity contribution is 0.553. The Morgan fingerprint density at radius 3 is 2.86 bits per heavy atom. The lowest BCUT2D eigenvalue weighted by Gasteiger charge is -2.33. The number of benzene rings is 1. The van der Waals surface area contributed by atoms with Crippen molar-refractivity contribution < 1.29 is 0 Å². The first-order chi connectivity index (χ1) is 10.8. The van der Waals surface area contributed by atoms with E-state index in [0.29, 0.717) is 0 Å². The Bertz CT molecular complexity index is 872. The van der Waals surface area contributed by atoms with Gasteiger partial charge >= 0.3 is 0 Å². The number of allylic oxidation sites excluding steroid dienone is 1. The fourth-order valence-electron chi connectivity index (χ4n) is 3.18. The summed E-state index contributed by atoms with van der Waals surface area (Å²) in [5, 5.41) is 1.98. The number of halogens is 1. The molecule has 3 heteroatoms. The van der Waals surface area contributed by atoms with Crippen molar-refractivity contribution in [1.29, 1.82) is 0 Å². The van der Waals surface area contributed by atoms with E-state index in [1.165, 1.54) is 10.9 Å². The number of nitrogens with zero attached hydrogens (tertiary/aromatic N) is 2. The Morgan fingerprint density at radius 1 is 1.05 bits per heavy atom. The first kappa shape index (κ1) is 13.6. The second-order valence-corrected chi connectivity index (χ2v) is 6.21. The van der Waals surface area contributed by atoms with Crippen molar-refractivity contribution in [2.75, 3.05) is 5.33 Å². The normalized spacial score (nSPS) is 20.0. The molecule has 2 aromatic heterocycles. The number of fused-ring (bicyclic) bond motifs is 2. The van der Waals surface area contributed by atoms with Gasteiger partial charge in [-0.05, 0) is 30.2 Å². The van der Waals surface area contributed by atoms with Crippen LogP contribution in [0.1, 0.15) is 23.4 Å². The van der Waals surface area contributed by atoms with Crippen LogP contribution in [0.4, 0.5) is 0 Å². The van der Waals surface area contributed by atoms with Gasteiger partial charge in [-0.1, -0.05) is 58.4 Å². The van der Waals surface area contributed by atoms with Gasteiger partial charge in [0.25, 0.3) is 0 Å². The predicted molar refractivity (Wildman–Crippen MR) is 94.2 cm³/mol. The average Bonchev–Trinajstić information content (AvgIpc) is 2.60. The summed E-state index contributed by atoms with van der Waals surface area (Å²) >= 11 is 3.72. The summed E-state index contributed by atoms with van der Waals surface area (Å²) in [4.78, 5) is 9.62. The van der Waals surface area contributed by atoms with Crippen LogP contribution < -0.4 is 0 Å². The molecule has 1 aliphatic carbocycles. The summed E-state index contributed by atoms with van der Waals surface area (Å²) < 4.78 is 0. The molecule has 0 aliphatic heterocycles. The van der Waals surface area contributed by atoms with E-state index in [2.05, 4.69) is 63.4 Å². The molecular formula is C19H15BrN2. The molecule has 0 bridgehead atoms. The zero-order valence-electron chi connectivity index (χ0n) is 12.0. The van der Waals surface area contributed by atoms with E-state index >= 15 is 0 Å². The molecule has 1 aliphatic rings. The van der Waals surface area contributed by atoms with Crippen LogP contribution in [0.5, 0.6) is 0 Å². The van der Waals surface area contributed by atoms with Gasteiger partial charge in [0.2, 0.25) is 0 Å². The van der Waals surface area contributed by atoms with Crippen LogP contribution in [0.2, 0.25) is 0 Å². The van der Waals surface area contributed by atoms with Crippen molar-refractivity contribution in [1.82, 2.24) is 9.97 Å². The van der Waals surface area contributed by atoms with Gasteiger partial charge < -0.3 is 0 Å². The van der Waals surface area contributed by atoms with Crippen LogP contribution in [-0.2, 0) is 5.41 Å². The molecule has 2 heterocycles. The van der Waals surface area contributed by atoms with Gasteiger partial charge in [0.1, 0.15) is 0 Å². The highest BCUT2D eigenvalue weighted by Gasteiger charge is 2.38. The maximum absolute atomic E-state index is 4.94. The molecule has 3 aromatic rings. The fourth-order valence-corrected chi connectivity index (χ4v) is 3.96. The molecule has 1 aromatic carbocycles. The van der Waals surface area contributed by atoms with E-state index in [9.17, 15) is 0 Å². The summed E-state index contributed by atoms with van der Waals surface area (Å²) in [5.74, 6) is 0. The van der Waals surface area contributed by atoms with Gasteiger partial charge in [-0.25, -0.2) is 0 Å². The van der Waals surface area contributed by atoms with Gasteiger partial charge in [0.15, 0.2) is 0 Å². The molecule has 4 rings (SSSR count). The van der Waals surface area contributed by atoms with Crippen LogP contribution >= 0.6 is 15.9 Å². The predicted octanol–water partition coefficient (Wildman–Crippen LogP) is 4.73. The second-order valence-electron chi connectivity index (χ2n) is 5.65. The smallest absolute Gasteiger partial charge is 0.0705 e. The fraction of sp³-hybridized carbons (Fsp3) is 0.158. The van der Waals surface area contributed by atoms with Crippen LogP contribution in [-0.4, -0.2) is 15.3 Å². The highest BCUT2D eigenvalue weighted by molar-refractivity contribution is 9.09. The number of alkyl halides is 1. The van der Waals surface area contributed by atoms with Crippen LogP contribution in [0, 0.1) is 0 Å². The molecule has 22 heavy (non-hydrogen) atoms. The number of hydrogen-bond acceptors (Lipinski definition) is 2. The molecule has 108 valence electrons. The zero-order chi connectivity index (χ0) is 15.0. The van der Waals surface area contributed by atoms with E-state index in [-0.39, 0.29) is 5.41 Å². The van der Waals surface area contributed by atoms with Gasteiger partial charge in [0, 0.05) is 16.9 Å². The van der Waals surface area contributed by atoms with Crippen molar-refractivity contribution in [2.24, 2.45) is 0 Å². The van der Waals surface area contributed by atoms with Crippen LogP contribution in [0.3, 0.4) is 0 Å². The first-order valence-corrected chi connectivity index (χ1v) is 8.50. The quantitative estimate of drug-likeness (QED) is 0.624. The minimum absolute atomic E-state index is 0.199. The molecule has 2 nitrogen and oxygen atoms in total. The molecular weight excluding hydrogens is 336 g/mol. The van der Waals surface area contributed by atoms with Crippen molar-refractivity contribution in [3.8, 4) is 0 Å².